The van der Waals surface area contributed by atoms with Gasteiger partial charge in [0.25, 0.3) is 0 Å². The zero-order valence-corrected chi connectivity index (χ0v) is 11.3. The van der Waals surface area contributed by atoms with Gasteiger partial charge in [0.2, 0.25) is 0 Å². The second-order valence-corrected chi connectivity index (χ2v) is 5.15. The van der Waals surface area contributed by atoms with Crippen molar-refractivity contribution in [2.75, 3.05) is 0 Å². The molecule has 0 radical (unpaired) electrons. The third-order valence-corrected chi connectivity index (χ3v) is 3.17. The number of aryl methyl sites for hydroxylation is 1. The summed E-state index contributed by atoms with van der Waals surface area (Å²) in [5.41, 5.74) is 2.12. The van der Waals surface area contributed by atoms with Crippen LogP contribution in [-0.4, -0.2) is 15.6 Å². The molecule has 0 fully saturated rings. The molecular formula is C16H19NO2. The van der Waals surface area contributed by atoms with Crippen LogP contribution in [0.25, 0.3) is 17.0 Å². The summed E-state index contributed by atoms with van der Waals surface area (Å²) in [5, 5.41) is 9.84. The van der Waals surface area contributed by atoms with E-state index in [4.69, 9.17) is 5.11 Å². The molecule has 0 spiro atoms. The number of hydrogen-bond donors (Lipinski definition) is 1. The lowest BCUT2D eigenvalue weighted by Crippen LogP contribution is -1.99. The normalized spacial score (nSPS) is 11.7. The van der Waals surface area contributed by atoms with Crippen molar-refractivity contribution in [3.05, 3.63) is 42.1 Å². The van der Waals surface area contributed by atoms with Gasteiger partial charge in [-0.15, -0.1) is 0 Å². The highest BCUT2D eigenvalue weighted by Gasteiger charge is 2.06. The fourth-order valence-corrected chi connectivity index (χ4v) is 2.15. The van der Waals surface area contributed by atoms with E-state index in [-0.39, 0.29) is 0 Å². The van der Waals surface area contributed by atoms with Crippen molar-refractivity contribution in [1.29, 1.82) is 0 Å². The van der Waals surface area contributed by atoms with Gasteiger partial charge in [-0.05, 0) is 24.5 Å². The van der Waals surface area contributed by atoms with Crippen molar-refractivity contribution < 1.29 is 9.90 Å². The van der Waals surface area contributed by atoms with Crippen LogP contribution in [0.5, 0.6) is 0 Å². The standard InChI is InChI=1S/C16H19NO2/c1-12(2)9-10-17-11-13(7-8-16(18)19)14-5-3-4-6-15(14)17/h3-8,11-12H,9-10H2,1-2H3,(H,18,19). The van der Waals surface area contributed by atoms with E-state index in [0.717, 1.165) is 29.4 Å². The van der Waals surface area contributed by atoms with E-state index in [0.29, 0.717) is 5.92 Å². The van der Waals surface area contributed by atoms with E-state index >= 15 is 0 Å². The predicted octanol–water partition coefficient (Wildman–Crippen LogP) is 3.79. The van der Waals surface area contributed by atoms with Gasteiger partial charge in [-0.1, -0.05) is 32.0 Å². The molecular weight excluding hydrogens is 238 g/mol. The number of carbonyl (C=O) groups is 1. The number of hydrogen-bond acceptors (Lipinski definition) is 1. The highest BCUT2D eigenvalue weighted by Crippen LogP contribution is 2.23. The number of rotatable bonds is 5. The molecule has 100 valence electrons. The largest absolute Gasteiger partial charge is 0.478 e. The van der Waals surface area contributed by atoms with Gasteiger partial charge in [-0.3, -0.25) is 0 Å². The van der Waals surface area contributed by atoms with Gasteiger partial charge in [0.15, 0.2) is 0 Å². The molecule has 0 saturated heterocycles. The van der Waals surface area contributed by atoms with E-state index in [2.05, 4.69) is 24.5 Å². The van der Waals surface area contributed by atoms with Crippen LogP contribution in [0.15, 0.2) is 36.5 Å². The first kappa shape index (κ1) is 13.4. The Hall–Kier alpha value is -2.03. The van der Waals surface area contributed by atoms with E-state index in [1.165, 1.54) is 6.08 Å². The quantitative estimate of drug-likeness (QED) is 0.828. The molecule has 0 aliphatic heterocycles. The van der Waals surface area contributed by atoms with Crippen molar-refractivity contribution in [2.45, 2.75) is 26.8 Å². The maximum absolute atomic E-state index is 10.6. The molecule has 0 aliphatic rings. The van der Waals surface area contributed by atoms with Gasteiger partial charge < -0.3 is 9.67 Å². The topological polar surface area (TPSA) is 42.2 Å². The Morgan fingerprint density at radius 1 is 1.37 bits per heavy atom. The summed E-state index contributed by atoms with van der Waals surface area (Å²) in [7, 11) is 0. The molecule has 2 aromatic rings. The first-order valence-electron chi connectivity index (χ1n) is 6.57. The van der Waals surface area contributed by atoms with Crippen molar-refractivity contribution in [3.63, 3.8) is 0 Å². The molecule has 0 unspecified atom stereocenters. The summed E-state index contributed by atoms with van der Waals surface area (Å²) in [6, 6.07) is 8.10. The van der Waals surface area contributed by atoms with Gasteiger partial charge in [0.1, 0.15) is 0 Å². The van der Waals surface area contributed by atoms with Crippen LogP contribution in [0.2, 0.25) is 0 Å². The van der Waals surface area contributed by atoms with E-state index in [1.807, 2.05) is 24.4 Å². The molecule has 1 N–H and O–H groups in total. The van der Waals surface area contributed by atoms with Crippen LogP contribution in [0, 0.1) is 5.92 Å². The molecule has 0 atom stereocenters. The first-order valence-corrected chi connectivity index (χ1v) is 6.57. The molecule has 1 aromatic heterocycles. The summed E-state index contributed by atoms with van der Waals surface area (Å²) in [6.07, 6.45) is 6.00. The number of benzene rings is 1. The van der Waals surface area contributed by atoms with Crippen LogP contribution in [0.3, 0.4) is 0 Å². The van der Waals surface area contributed by atoms with Gasteiger partial charge >= 0.3 is 5.97 Å². The molecule has 0 saturated carbocycles. The minimum Gasteiger partial charge on any atom is -0.478 e. The maximum Gasteiger partial charge on any atom is 0.328 e. The van der Waals surface area contributed by atoms with Crippen molar-refractivity contribution in [2.24, 2.45) is 5.92 Å². The van der Waals surface area contributed by atoms with Crippen LogP contribution in [0.4, 0.5) is 0 Å². The fourth-order valence-electron chi connectivity index (χ4n) is 2.15. The molecule has 0 aliphatic carbocycles. The number of aromatic nitrogens is 1. The van der Waals surface area contributed by atoms with Crippen molar-refractivity contribution in [3.8, 4) is 0 Å². The minimum absolute atomic E-state index is 0.652. The van der Waals surface area contributed by atoms with E-state index in [1.54, 1.807) is 6.08 Å². The first-order chi connectivity index (χ1) is 9.08. The molecule has 1 heterocycles. The number of carboxylic acid groups (broad SMARTS) is 1. The Kier molecular flexibility index (Phi) is 4.05. The average Bonchev–Trinajstić information content (AvgIpc) is 2.72. The highest BCUT2D eigenvalue weighted by molar-refractivity contribution is 5.93. The van der Waals surface area contributed by atoms with Crippen molar-refractivity contribution in [1.82, 2.24) is 4.57 Å². The van der Waals surface area contributed by atoms with Crippen LogP contribution >= 0.6 is 0 Å². The van der Waals surface area contributed by atoms with Crippen LogP contribution < -0.4 is 0 Å². The van der Waals surface area contributed by atoms with Crippen molar-refractivity contribution >= 4 is 22.9 Å². The lowest BCUT2D eigenvalue weighted by Gasteiger charge is -2.07. The predicted molar refractivity (Wildman–Crippen MR) is 78.1 cm³/mol. The SMILES string of the molecule is CC(C)CCn1cc(C=CC(=O)O)c2ccccc21. The van der Waals surface area contributed by atoms with E-state index < -0.39 is 5.97 Å². The highest BCUT2D eigenvalue weighted by atomic mass is 16.4. The van der Waals surface area contributed by atoms with Gasteiger partial charge in [-0.2, -0.15) is 0 Å². The molecule has 0 bridgehead atoms. The van der Waals surface area contributed by atoms with E-state index in [9.17, 15) is 4.79 Å². The summed E-state index contributed by atoms with van der Waals surface area (Å²) >= 11 is 0. The number of para-hydroxylation sites is 1. The van der Waals surface area contributed by atoms with Crippen LogP contribution in [0.1, 0.15) is 25.8 Å². The smallest absolute Gasteiger partial charge is 0.328 e. The summed E-state index contributed by atoms with van der Waals surface area (Å²) in [4.78, 5) is 10.6. The zero-order valence-electron chi connectivity index (χ0n) is 11.3. The summed E-state index contributed by atoms with van der Waals surface area (Å²) in [5.74, 6) is -0.266. The number of fused-ring (bicyclic) bond motifs is 1. The lowest BCUT2D eigenvalue weighted by molar-refractivity contribution is -0.131. The molecule has 3 heteroatoms. The average molecular weight is 257 g/mol. The molecule has 3 nitrogen and oxygen atoms in total. The van der Waals surface area contributed by atoms with Gasteiger partial charge in [0.05, 0.1) is 0 Å². The Balaban J connectivity index is 2.39. The van der Waals surface area contributed by atoms with Gasteiger partial charge in [-0.25, -0.2) is 4.79 Å². The number of carboxylic acids is 1. The Morgan fingerprint density at radius 2 is 2.11 bits per heavy atom. The molecule has 19 heavy (non-hydrogen) atoms. The molecule has 1 aromatic carbocycles. The third kappa shape index (κ3) is 3.25. The molecule has 0 amide bonds. The Morgan fingerprint density at radius 3 is 2.79 bits per heavy atom. The second kappa shape index (κ2) is 5.74. The van der Waals surface area contributed by atoms with Crippen LogP contribution in [-0.2, 0) is 11.3 Å². The lowest BCUT2D eigenvalue weighted by atomic mass is 10.1. The van der Waals surface area contributed by atoms with Gasteiger partial charge in [0, 0.05) is 35.3 Å². The Bertz CT molecular complexity index is 608. The molecule has 2 rings (SSSR count). The number of nitrogens with zero attached hydrogens (tertiary/aromatic N) is 1. The monoisotopic (exact) mass is 257 g/mol. The Labute approximate surface area is 113 Å². The second-order valence-electron chi connectivity index (χ2n) is 5.15. The maximum atomic E-state index is 10.6. The number of aliphatic carboxylic acids is 1. The zero-order chi connectivity index (χ0) is 13.8. The summed E-state index contributed by atoms with van der Waals surface area (Å²) < 4.78 is 2.21. The third-order valence-electron chi connectivity index (χ3n) is 3.17. The minimum atomic E-state index is -0.918. The fraction of sp³-hybridized carbons (Fsp3) is 0.312. The summed E-state index contributed by atoms with van der Waals surface area (Å²) in [6.45, 7) is 5.37.